The van der Waals surface area contributed by atoms with Crippen LogP contribution in [0, 0.1) is 5.41 Å². The van der Waals surface area contributed by atoms with Gasteiger partial charge in [0, 0.05) is 31.3 Å². The van der Waals surface area contributed by atoms with Crippen LogP contribution in [-0.4, -0.2) is 48.2 Å². The van der Waals surface area contributed by atoms with E-state index in [9.17, 15) is 14.7 Å². The Balaban J connectivity index is 1.92. The molecular weight excluding hydrogens is 330 g/mol. The number of rotatable bonds is 3. The Bertz CT molecular complexity index is 656. The zero-order valence-electron chi connectivity index (χ0n) is 13.8. The maximum Gasteiger partial charge on any atom is 0.311 e. The molecule has 2 aliphatic rings. The van der Waals surface area contributed by atoms with Gasteiger partial charge in [0.25, 0.3) is 0 Å². The van der Waals surface area contributed by atoms with E-state index in [1.54, 1.807) is 17.9 Å². The number of ether oxygens (including phenoxy) is 1. The Kier molecular flexibility index (Phi) is 4.58. The number of aliphatic carboxylic acids is 1. The molecule has 6 heteroatoms. The van der Waals surface area contributed by atoms with Gasteiger partial charge in [-0.1, -0.05) is 23.7 Å². The zero-order chi connectivity index (χ0) is 17.4. The van der Waals surface area contributed by atoms with E-state index in [0.717, 1.165) is 5.56 Å². The van der Waals surface area contributed by atoms with Crippen molar-refractivity contribution in [3.63, 3.8) is 0 Å². The first-order valence-electron chi connectivity index (χ1n) is 8.24. The van der Waals surface area contributed by atoms with Crippen LogP contribution in [0.5, 0.6) is 0 Å². The van der Waals surface area contributed by atoms with Gasteiger partial charge < -0.3 is 14.7 Å². The lowest BCUT2D eigenvalue weighted by Crippen LogP contribution is -2.50. The third-order valence-corrected chi connectivity index (χ3v) is 5.64. The second kappa shape index (κ2) is 6.37. The van der Waals surface area contributed by atoms with Crippen molar-refractivity contribution in [2.75, 3.05) is 26.3 Å². The highest BCUT2D eigenvalue weighted by molar-refractivity contribution is 6.30. The molecule has 0 aliphatic carbocycles. The molecule has 1 N–H and O–H groups in total. The summed E-state index contributed by atoms with van der Waals surface area (Å²) >= 11 is 6.14. The summed E-state index contributed by atoms with van der Waals surface area (Å²) in [6.07, 6.45) is 1.66. The number of nitrogens with zero attached hydrogens (tertiary/aromatic N) is 1. The van der Waals surface area contributed by atoms with Crippen LogP contribution in [0.1, 0.15) is 31.7 Å². The molecule has 3 rings (SSSR count). The van der Waals surface area contributed by atoms with Crippen LogP contribution in [-0.2, 0) is 19.7 Å². The summed E-state index contributed by atoms with van der Waals surface area (Å²) in [7, 11) is 0. The third kappa shape index (κ3) is 2.91. The number of likely N-dealkylation sites (tertiary alicyclic amines) is 1. The maximum absolute atomic E-state index is 13.4. The first-order valence-corrected chi connectivity index (χ1v) is 8.62. The molecule has 1 unspecified atom stereocenters. The fourth-order valence-electron chi connectivity index (χ4n) is 3.74. The molecule has 0 saturated carbocycles. The smallest absolute Gasteiger partial charge is 0.311 e. The van der Waals surface area contributed by atoms with Gasteiger partial charge in [0.15, 0.2) is 0 Å². The van der Waals surface area contributed by atoms with Crippen LogP contribution in [0.3, 0.4) is 0 Å². The first kappa shape index (κ1) is 17.2. The van der Waals surface area contributed by atoms with Gasteiger partial charge in [0.1, 0.15) is 0 Å². The summed E-state index contributed by atoms with van der Waals surface area (Å²) in [6.45, 7) is 3.47. The SMILES string of the molecule is CC1(C(=O)O)CCN(C(=O)C2(c3cccc(Cl)c3)CCOCC2)C1. The number of carbonyl (C=O) groups excluding carboxylic acids is 1. The van der Waals surface area contributed by atoms with Crippen molar-refractivity contribution < 1.29 is 19.4 Å². The van der Waals surface area contributed by atoms with Crippen molar-refractivity contribution in [3.05, 3.63) is 34.9 Å². The number of hydrogen-bond donors (Lipinski definition) is 1. The molecule has 2 saturated heterocycles. The minimum Gasteiger partial charge on any atom is -0.481 e. The third-order valence-electron chi connectivity index (χ3n) is 5.41. The Morgan fingerprint density at radius 2 is 1.96 bits per heavy atom. The number of carboxylic acids is 1. The predicted octanol–water partition coefficient (Wildman–Crippen LogP) is 2.71. The number of carboxylic acid groups (broad SMARTS) is 1. The fraction of sp³-hybridized carbons (Fsp3) is 0.556. The van der Waals surface area contributed by atoms with Crippen molar-refractivity contribution >= 4 is 23.5 Å². The molecule has 0 bridgehead atoms. The second-order valence-electron chi connectivity index (χ2n) is 7.05. The van der Waals surface area contributed by atoms with Crippen molar-refractivity contribution in [1.29, 1.82) is 0 Å². The Morgan fingerprint density at radius 3 is 2.54 bits per heavy atom. The van der Waals surface area contributed by atoms with Gasteiger partial charge >= 0.3 is 5.97 Å². The van der Waals surface area contributed by atoms with E-state index in [1.807, 2.05) is 18.2 Å². The van der Waals surface area contributed by atoms with E-state index in [-0.39, 0.29) is 12.5 Å². The van der Waals surface area contributed by atoms with Crippen molar-refractivity contribution in [2.45, 2.75) is 31.6 Å². The van der Waals surface area contributed by atoms with Crippen molar-refractivity contribution in [2.24, 2.45) is 5.41 Å². The first-order chi connectivity index (χ1) is 11.4. The van der Waals surface area contributed by atoms with Crippen LogP contribution < -0.4 is 0 Å². The largest absolute Gasteiger partial charge is 0.481 e. The van der Waals surface area contributed by atoms with Gasteiger partial charge in [0.2, 0.25) is 5.91 Å². The summed E-state index contributed by atoms with van der Waals surface area (Å²) in [4.78, 5) is 26.6. The molecule has 1 atom stereocenters. The van der Waals surface area contributed by atoms with E-state index < -0.39 is 16.8 Å². The molecule has 0 radical (unpaired) electrons. The highest BCUT2D eigenvalue weighted by atomic mass is 35.5. The van der Waals surface area contributed by atoms with Gasteiger partial charge in [0.05, 0.1) is 10.8 Å². The Hall–Kier alpha value is -1.59. The highest BCUT2D eigenvalue weighted by Crippen LogP contribution is 2.40. The lowest BCUT2D eigenvalue weighted by Gasteiger charge is -2.39. The fourth-order valence-corrected chi connectivity index (χ4v) is 3.93. The average molecular weight is 352 g/mol. The van der Waals surface area contributed by atoms with Crippen LogP contribution in [0.2, 0.25) is 5.02 Å². The second-order valence-corrected chi connectivity index (χ2v) is 7.48. The summed E-state index contributed by atoms with van der Waals surface area (Å²) in [5, 5.41) is 10.0. The molecule has 1 aromatic rings. The molecule has 1 amide bonds. The molecule has 24 heavy (non-hydrogen) atoms. The van der Waals surface area contributed by atoms with E-state index in [1.165, 1.54) is 0 Å². The summed E-state index contributed by atoms with van der Waals surface area (Å²) in [6, 6.07) is 7.42. The van der Waals surface area contributed by atoms with Crippen LogP contribution in [0.4, 0.5) is 0 Å². The van der Waals surface area contributed by atoms with E-state index in [4.69, 9.17) is 16.3 Å². The molecule has 0 aromatic heterocycles. The summed E-state index contributed by atoms with van der Waals surface area (Å²) in [5.41, 5.74) is -0.643. The lowest BCUT2D eigenvalue weighted by atomic mass is 9.73. The molecule has 1 aromatic carbocycles. The number of benzene rings is 1. The Labute approximate surface area is 146 Å². The molecule has 130 valence electrons. The van der Waals surface area contributed by atoms with Crippen LogP contribution >= 0.6 is 11.6 Å². The van der Waals surface area contributed by atoms with Gasteiger partial charge in [-0.3, -0.25) is 9.59 Å². The number of hydrogen-bond acceptors (Lipinski definition) is 3. The average Bonchev–Trinajstić information content (AvgIpc) is 2.98. The van der Waals surface area contributed by atoms with Crippen LogP contribution in [0.25, 0.3) is 0 Å². The van der Waals surface area contributed by atoms with Crippen molar-refractivity contribution in [3.8, 4) is 0 Å². The number of amides is 1. The van der Waals surface area contributed by atoms with E-state index in [0.29, 0.717) is 44.0 Å². The standard InChI is InChI=1S/C18H22ClNO4/c1-17(16(22)23)5-8-20(12-17)15(21)18(6-9-24-10-7-18)13-3-2-4-14(19)11-13/h2-4,11H,5-10,12H2,1H3,(H,22,23). The predicted molar refractivity (Wildman–Crippen MR) is 90.1 cm³/mol. The number of carbonyl (C=O) groups is 2. The van der Waals surface area contributed by atoms with Gasteiger partial charge in [-0.25, -0.2) is 0 Å². The summed E-state index contributed by atoms with van der Waals surface area (Å²) in [5.74, 6) is -0.848. The quantitative estimate of drug-likeness (QED) is 0.909. The van der Waals surface area contributed by atoms with Crippen LogP contribution in [0.15, 0.2) is 24.3 Å². The van der Waals surface area contributed by atoms with Crippen molar-refractivity contribution in [1.82, 2.24) is 4.90 Å². The molecule has 2 aliphatic heterocycles. The van der Waals surface area contributed by atoms with Gasteiger partial charge in [-0.2, -0.15) is 0 Å². The van der Waals surface area contributed by atoms with Gasteiger partial charge in [-0.05, 0) is 43.9 Å². The Morgan fingerprint density at radius 1 is 1.25 bits per heavy atom. The minimum absolute atomic E-state index is 0.00181. The van der Waals surface area contributed by atoms with Gasteiger partial charge in [-0.15, -0.1) is 0 Å². The maximum atomic E-state index is 13.4. The molecule has 5 nitrogen and oxygen atoms in total. The summed E-state index contributed by atoms with van der Waals surface area (Å²) < 4.78 is 5.47. The normalized spacial score (nSPS) is 26.3. The molecule has 0 spiro atoms. The topological polar surface area (TPSA) is 66.8 Å². The molecule has 2 fully saturated rings. The molecular formula is C18H22ClNO4. The number of halogens is 1. The highest BCUT2D eigenvalue weighted by Gasteiger charge is 2.49. The zero-order valence-corrected chi connectivity index (χ0v) is 14.5. The monoisotopic (exact) mass is 351 g/mol. The van der Waals surface area contributed by atoms with E-state index in [2.05, 4.69) is 0 Å². The van der Waals surface area contributed by atoms with E-state index >= 15 is 0 Å². The minimum atomic E-state index is -0.865. The molecule has 2 heterocycles. The lowest BCUT2D eigenvalue weighted by molar-refractivity contribution is -0.148.